The highest BCUT2D eigenvalue weighted by Crippen LogP contribution is 2.51. The molecule has 0 aliphatic heterocycles. The molecular weight excluding hydrogens is 635 g/mol. The van der Waals surface area contributed by atoms with Crippen LogP contribution in [-0.2, 0) is 0 Å². The molecule has 0 atom stereocenters. The highest BCUT2D eigenvalue weighted by molar-refractivity contribution is 7.37. The smallest absolute Gasteiger partial charge is 0.235 e. The molecule has 0 saturated heterocycles. The van der Waals surface area contributed by atoms with Crippen LogP contribution in [0, 0.1) is 0 Å². The molecule has 0 unspecified atom stereocenters. The lowest BCUT2D eigenvalue weighted by molar-refractivity contribution is 1.02. The second-order valence-electron chi connectivity index (χ2n) is 12.6. The van der Waals surface area contributed by atoms with Crippen LogP contribution in [0.3, 0.4) is 0 Å². The second kappa shape index (κ2) is 10.3. The fourth-order valence-electron chi connectivity index (χ4n) is 7.56. The van der Waals surface area contributed by atoms with Gasteiger partial charge < -0.3 is 0 Å². The molecule has 11 aromatic rings. The van der Waals surface area contributed by atoms with Gasteiger partial charge in [-0.2, -0.15) is 0 Å². The number of aromatic nitrogens is 3. The van der Waals surface area contributed by atoms with Crippen LogP contribution in [-0.4, -0.2) is 14.5 Å². The molecule has 228 valence electrons. The van der Waals surface area contributed by atoms with Crippen molar-refractivity contribution >= 4 is 95.7 Å². The van der Waals surface area contributed by atoms with Crippen molar-refractivity contribution in [2.75, 3.05) is 0 Å². The number of fused-ring (bicyclic) bond motifs is 12. The summed E-state index contributed by atoms with van der Waals surface area (Å²) in [5, 5.41) is 8.61. The standard InChI is InChI=1S/C44H25N3S2/c1-2-10-26(11-3-1)27-18-20-30(21-19-27)38-33-16-8-9-17-35(33)45-44(46-38)47-39-32-15-7-5-13-29(32)22-24-34(39)41-40(47)43-42(49-41)37-31-14-6-4-12-28(31)23-25-36(37)48-43/h1-25H. The van der Waals surface area contributed by atoms with Crippen LogP contribution in [0.5, 0.6) is 0 Å². The van der Waals surface area contributed by atoms with Crippen molar-refractivity contribution in [2.24, 2.45) is 0 Å². The van der Waals surface area contributed by atoms with Crippen LogP contribution in [0.1, 0.15) is 0 Å². The normalized spacial score (nSPS) is 12.1. The molecule has 0 aliphatic carbocycles. The molecule has 3 nitrogen and oxygen atoms in total. The van der Waals surface area contributed by atoms with Gasteiger partial charge >= 0.3 is 0 Å². The lowest BCUT2D eigenvalue weighted by Gasteiger charge is -2.13. The molecule has 0 radical (unpaired) electrons. The zero-order valence-electron chi connectivity index (χ0n) is 26.1. The summed E-state index contributed by atoms with van der Waals surface area (Å²) in [5.41, 5.74) is 7.67. The van der Waals surface area contributed by atoms with Gasteiger partial charge in [0.15, 0.2) is 0 Å². The molecule has 0 saturated carbocycles. The molecule has 0 bridgehead atoms. The Morgan fingerprint density at radius 3 is 1.90 bits per heavy atom. The van der Waals surface area contributed by atoms with Gasteiger partial charge in [0.1, 0.15) is 0 Å². The highest BCUT2D eigenvalue weighted by Gasteiger charge is 2.25. The Morgan fingerprint density at radius 1 is 0.408 bits per heavy atom. The quantitative estimate of drug-likeness (QED) is 0.189. The van der Waals surface area contributed by atoms with E-state index in [-0.39, 0.29) is 0 Å². The molecule has 7 aromatic carbocycles. The zero-order valence-corrected chi connectivity index (χ0v) is 27.7. The SMILES string of the molecule is c1ccc(-c2ccc(-c3nc(-n4c5c6ccccc6ccc5c5sc6c(sc7ccc8ccccc8c76)c54)nc4ccccc34)cc2)cc1. The average Bonchev–Trinajstić information content (AvgIpc) is 3.82. The molecule has 0 N–H and O–H groups in total. The monoisotopic (exact) mass is 659 g/mol. The number of para-hydroxylation sites is 1. The van der Waals surface area contributed by atoms with Crippen molar-refractivity contribution in [3.05, 3.63) is 152 Å². The molecular formula is C44H25N3S2. The third-order valence-corrected chi connectivity index (χ3v) is 12.3. The molecule has 0 amide bonds. The summed E-state index contributed by atoms with van der Waals surface area (Å²) in [5.74, 6) is 0.694. The fourth-order valence-corrected chi connectivity index (χ4v) is 10.4. The van der Waals surface area contributed by atoms with Crippen molar-refractivity contribution in [1.82, 2.24) is 14.5 Å². The highest BCUT2D eigenvalue weighted by atomic mass is 32.1. The molecule has 5 heteroatoms. The van der Waals surface area contributed by atoms with Gasteiger partial charge in [-0.1, -0.05) is 140 Å². The van der Waals surface area contributed by atoms with E-state index in [4.69, 9.17) is 9.97 Å². The van der Waals surface area contributed by atoms with E-state index < -0.39 is 0 Å². The Kier molecular flexibility index (Phi) is 5.70. The number of hydrogen-bond donors (Lipinski definition) is 0. The minimum Gasteiger partial charge on any atom is -0.275 e. The minimum absolute atomic E-state index is 0.694. The minimum atomic E-state index is 0.694. The van der Waals surface area contributed by atoms with E-state index in [0.717, 1.165) is 27.7 Å². The summed E-state index contributed by atoms with van der Waals surface area (Å²) in [4.78, 5) is 10.8. The van der Waals surface area contributed by atoms with Gasteiger partial charge in [-0.05, 0) is 39.4 Å². The van der Waals surface area contributed by atoms with E-state index in [1.165, 1.54) is 67.8 Å². The van der Waals surface area contributed by atoms with Crippen LogP contribution < -0.4 is 0 Å². The molecule has 11 rings (SSSR count). The number of rotatable bonds is 3. The van der Waals surface area contributed by atoms with E-state index in [1.54, 1.807) is 0 Å². The van der Waals surface area contributed by atoms with Crippen LogP contribution in [0.15, 0.2) is 152 Å². The Labute approximate surface area is 289 Å². The van der Waals surface area contributed by atoms with E-state index >= 15 is 0 Å². The number of hydrogen-bond acceptors (Lipinski definition) is 4. The lowest BCUT2D eigenvalue weighted by atomic mass is 10.0. The van der Waals surface area contributed by atoms with E-state index in [9.17, 15) is 0 Å². The summed E-state index contributed by atoms with van der Waals surface area (Å²) in [7, 11) is 0. The number of benzene rings is 7. The maximum atomic E-state index is 5.47. The van der Waals surface area contributed by atoms with E-state index in [0.29, 0.717) is 5.95 Å². The topological polar surface area (TPSA) is 30.7 Å². The first-order valence-electron chi connectivity index (χ1n) is 16.4. The van der Waals surface area contributed by atoms with Crippen molar-refractivity contribution < 1.29 is 0 Å². The molecule has 0 aliphatic rings. The summed E-state index contributed by atoms with van der Waals surface area (Å²) in [6.45, 7) is 0. The summed E-state index contributed by atoms with van der Waals surface area (Å²) in [6.07, 6.45) is 0. The molecule has 4 heterocycles. The third-order valence-electron chi connectivity index (χ3n) is 9.82. The predicted octanol–water partition coefficient (Wildman–Crippen LogP) is 12.8. The Hall–Kier alpha value is -5.88. The largest absolute Gasteiger partial charge is 0.275 e. The van der Waals surface area contributed by atoms with Crippen molar-refractivity contribution in [3.8, 4) is 28.3 Å². The Morgan fingerprint density at radius 2 is 1.06 bits per heavy atom. The van der Waals surface area contributed by atoms with Crippen molar-refractivity contribution in [3.63, 3.8) is 0 Å². The van der Waals surface area contributed by atoms with Crippen LogP contribution in [0.25, 0.3) is 101 Å². The van der Waals surface area contributed by atoms with Crippen molar-refractivity contribution in [1.29, 1.82) is 0 Å². The first-order valence-corrected chi connectivity index (χ1v) is 18.1. The van der Waals surface area contributed by atoms with Crippen LogP contribution in [0.2, 0.25) is 0 Å². The molecule has 4 aromatic heterocycles. The van der Waals surface area contributed by atoms with Gasteiger partial charge in [0, 0.05) is 31.8 Å². The maximum absolute atomic E-state index is 5.47. The van der Waals surface area contributed by atoms with Crippen LogP contribution in [0.4, 0.5) is 0 Å². The van der Waals surface area contributed by atoms with Gasteiger partial charge in [-0.25, -0.2) is 9.97 Å². The van der Waals surface area contributed by atoms with Gasteiger partial charge in [0.05, 0.1) is 36.3 Å². The molecule has 0 spiro atoms. The lowest BCUT2D eigenvalue weighted by Crippen LogP contribution is -2.03. The summed E-state index contributed by atoms with van der Waals surface area (Å²) in [6, 6.07) is 54.2. The van der Waals surface area contributed by atoms with Gasteiger partial charge in [-0.15, -0.1) is 22.7 Å². The molecule has 49 heavy (non-hydrogen) atoms. The predicted molar refractivity (Wildman–Crippen MR) is 211 cm³/mol. The second-order valence-corrected chi connectivity index (χ2v) is 14.6. The van der Waals surface area contributed by atoms with Crippen LogP contribution >= 0.6 is 22.7 Å². The van der Waals surface area contributed by atoms with Gasteiger partial charge in [0.2, 0.25) is 5.95 Å². The number of thiophene rings is 2. The Balaban J connectivity index is 1.25. The fraction of sp³-hybridized carbons (Fsp3) is 0. The first-order chi connectivity index (χ1) is 24.3. The zero-order chi connectivity index (χ0) is 32.1. The summed E-state index contributed by atoms with van der Waals surface area (Å²) >= 11 is 3.78. The first kappa shape index (κ1) is 27.1. The maximum Gasteiger partial charge on any atom is 0.235 e. The van der Waals surface area contributed by atoms with Gasteiger partial charge in [0.25, 0.3) is 0 Å². The van der Waals surface area contributed by atoms with E-state index in [1.807, 2.05) is 22.7 Å². The summed E-state index contributed by atoms with van der Waals surface area (Å²) < 4.78 is 7.57. The number of nitrogens with zero attached hydrogens (tertiary/aromatic N) is 3. The van der Waals surface area contributed by atoms with Crippen molar-refractivity contribution in [2.45, 2.75) is 0 Å². The van der Waals surface area contributed by atoms with Gasteiger partial charge in [-0.3, -0.25) is 4.57 Å². The Bertz CT molecular complexity index is 3090. The third kappa shape index (κ3) is 3.94. The van der Waals surface area contributed by atoms with E-state index in [2.05, 4.69) is 156 Å². The average molecular weight is 660 g/mol. The molecule has 0 fully saturated rings.